The lowest BCUT2D eigenvalue weighted by molar-refractivity contribution is -0.244. The summed E-state index contributed by atoms with van der Waals surface area (Å²) < 4.78 is 11.7. The molecule has 2 amide bonds. The van der Waals surface area contributed by atoms with Gasteiger partial charge in [-0.3, -0.25) is 9.59 Å². The first-order chi connectivity index (χ1) is 18.3. The van der Waals surface area contributed by atoms with Crippen molar-refractivity contribution in [1.29, 1.82) is 0 Å². The van der Waals surface area contributed by atoms with Crippen LogP contribution in [0, 0.1) is 0 Å². The standard InChI is InChI=1S/C28H38N2O7S/c1-3-38-16-6-15-36-25-17-24(34)26(30-18(2)31)27(37-25)23(33)13-14-29-28(35)20-11-9-19(10-12-20)21-7-4-5-8-22(21)32/h4-5,7-12,23-27,32-34H,3,6,13-17H2,1-2H3,(H,29,35)(H,30,31)/t23?,24?,25?,26-,27?/m1/s1. The number of thioether (sulfide) groups is 1. The summed E-state index contributed by atoms with van der Waals surface area (Å²) >= 11 is 1.82. The van der Waals surface area contributed by atoms with Crippen LogP contribution in [-0.4, -0.2) is 82.4 Å². The molecule has 1 heterocycles. The molecule has 208 valence electrons. The average molecular weight is 547 g/mol. The molecule has 0 bridgehead atoms. The zero-order valence-corrected chi connectivity index (χ0v) is 22.7. The van der Waals surface area contributed by atoms with E-state index in [1.54, 1.807) is 42.5 Å². The van der Waals surface area contributed by atoms with Gasteiger partial charge in [0.1, 0.15) is 11.9 Å². The highest BCUT2D eigenvalue weighted by Crippen LogP contribution is 2.29. The lowest BCUT2D eigenvalue weighted by Gasteiger charge is -2.41. The molecule has 5 atom stereocenters. The normalized spacial score (nSPS) is 22.0. The van der Waals surface area contributed by atoms with Gasteiger partial charge in [0.2, 0.25) is 5.91 Å². The summed E-state index contributed by atoms with van der Waals surface area (Å²) in [4.78, 5) is 24.3. The Kier molecular flexibility index (Phi) is 11.9. The van der Waals surface area contributed by atoms with Gasteiger partial charge in [0.25, 0.3) is 5.91 Å². The first kappa shape index (κ1) is 29.9. The van der Waals surface area contributed by atoms with Crippen LogP contribution in [-0.2, 0) is 14.3 Å². The third-order valence-corrected chi connectivity index (χ3v) is 7.27. The fourth-order valence-electron chi connectivity index (χ4n) is 4.37. The van der Waals surface area contributed by atoms with Crippen LogP contribution < -0.4 is 10.6 Å². The Labute approximate surface area is 227 Å². The number of rotatable bonds is 13. The minimum atomic E-state index is -1.06. The fraction of sp³-hybridized carbons (Fsp3) is 0.500. The van der Waals surface area contributed by atoms with Gasteiger partial charge in [-0.05, 0) is 48.1 Å². The molecular formula is C28H38N2O7S. The Morgan fingerprint density at radius 3 is 2.61 bits per heavy atom. The number of carbonyl (C=O) groups excluding carboxylic acids is 2. The van der Waals surface area contributed by atoms with Crippen LogP contribution in [0.15, 0.2) is 48.5 Å². The Hall–Kier alpha value is -2.63. The van der Waals surface area contributed by atoms with Gasteiger partial charge < -0.3 is 35.4 Å². The Morgan fingerprint density at radius 1 is 1.18 bits per heavy atom. The molecule has 10 heteroatoms. The molecule has 1 aliphatic rings. The molecule has 0 aliphatic carbocycles. The van der Waals surface area contributed by atoms with Gasteiger partial charge in [0, 0.05) is 31.0 Å². The van der Waals surface area contributed by atoms with Crippen LogP contribution in [0.4, 0.5) is 0 Å². The smallest absolute Gasteiger partial charge is 0.251 e. The minimum absolute atomic E-state index is 0.148. The van der Waals surface area contributed by atoms with Gasteiger partial charge in [-0.2, -0.15) is 11.8 Å². The van der Waals surface area contributed by atoms with Crippen LogP contribution in [0.3, 0.4) is 0 Å². The van der Waals surface area contributed by atoms with Crippen molar-refractivity contribution in [3.63, 3.8) is 0 Å². The van der Waals surface area contributed by atoms with Crippen molar-refractivity contribution >= 4 is 23.6 Å². The number of phenols is 1. The molecule has 4 unspecified atom stereocenters. The Morgan fingerprint density at radius 2 is 1.92 bits per heavy atom. The molecule has 1 fully saturated rings. The second kappa shape index (κ2) is 15.1. The van der Waals surface area contributed by atoms with Crippen molar-refractivity contribution in [2.24, 2.45) is 0 Å². The third kappa shape index (κ3) is 8.71. The van der Waals surface area contributed by atoms with E-state index in [9.17, 15) is 24.9 Å². The average Bonchev–Trinajstić information content (AvgIpc) is 2.90. The maximum Gasteiger partial charge on any atom is 0.251 e. The van der Waals surface area contributed by atoms with Crippen LogP contribution in [0.25, 0.3) is 11.1 Å². The Bertz CT molecular complexity index is 1040. The van der Waals surface area contributed by atoms with Crippen molar-refractivity contribution in [3.8, 4) is 16.9 Å². The number of hydrogen-bond acceptors (Lipinski definition) is 8. The number of benzene rings is 2. The first-order valence-corrected chi connectivity index (χ1v) is 14.1. The molecule has 9 nitrogen and oxygen atoms in total. The summed E-state index contributed by atoms with van der Waals surface area (Å²) in [6.07, 6.45) is -2.42. The fourth-order valence-corrected chi connectivity index (χ4v) is 4.98. The van der Waals surface area contributed by atoms with E-state index < -0.39 is 30.6 Å². The number of hydrogen-bond donors (Lipinski definition) is 5. The summed E-state index contributed by atoms with van der Waals surface area (Å²) in [6.45, 7) is 4.06. The molecule has 0 aromatic heterocycles. The van der Waals surface area contributed by atoms with Crippen molar-refractivity contribution in [1.82, 2.24) is 10.6 Å². The quantitative estimate of drug-likeness (QED) is 0.242. The van der Waals surface area contributed by atoms with Crippen molar-refractivity contribution < 1.29 is 34.4 Å². The van der Waals surface area contributed by atoms with Crippen LogP contribution in [0.5, 0.6) is 5.75 Å². The van der Waals surface area contributed by atoms with E-state index in [1.807, 2.05) is 17.8 Å². The summed E-state index contributed by atoms with van der Waals surface area (Å²) in [6, 6.07) is 13.0. The number of aliphatic hydroxyl groups excluding tert-OH is 2. The predicted octanol–water partition coefficient (Wildman–Crippen LogP) is 2.68. The van der Waals surface area contributed by atoms with Crippen LogP contribution in [0.1, 0.15) is 43.5 Å². The number of nitrogens with one attached hydrogen (secondary N) is 2. The van der Waals surface area contributed by atoms with Crippen molar-refractivity contribution in [3.05, 3.63) is 54.1 Å². The molecular weight excluding hydrogens is 508 g/mol. The van der Waals surface area contributed by atoms with Gasteiger partial charge in [-0.1, -0.05) is 37.3 Å². The lowest BCUT2D eigenvalue weighted by atomic mass is 9.93. The molecule has 0 saturated carbocycles. The number of carbonyl (C=O) groups is 2. The largest absolute Gasteiger partial charge is 0.507 e. The Balaban J connectivity index is 1.54. The van der Waals surface area contributed by atoms with E-state index in [1.165, 1.54) is 6.92 Å². The minimum Gasteiger partial charge on any atom is -0.507 e. The zero-order valence-electron chi connectivity index (χ0n) is 21.8. The zero-order chi connectivity index (χ0) is 27.5. The number of aromatic hydroxyl groups is 1. The van der Waals surface area contributed by atoms with Crippen LogP contribution >= 0.6 is 11.8 Å². The first-order valence-electron chi connectivity index (χ1n) is 12.9. The number of phenolic OH excluding ortho intramolecular Hbond substituents is 1. The lowest BCUT2D eigenvalue weighted by Crippen LogP contribution is -2.61. The van der Waals surface area contributed by atoms with Crippen LogP contribution in [0.2, 0.25) is 0 Å². The van der Waals surface area contributed by atoms with Crippen molar-refractivity contribution in [2.45, 2.75) is 63.8 Å². The molecule has 3 rings (SSSR count). The number of amides is 2. The van der Waals surface area contributed by atoms with E-state index >= 15 is 0 Å². The summed E-state index contributed by atoms with van der Waals surface area (Å²) in [7, 11) is 0. The molecule has 2 aromatic carbocycles. The van der Waals surface area contributed by atoms with Crippen molar-refractivity contribution in [2.75, 3.05) is 24.7 Å². The highest BCUT2D eigenvalue weighted by Gasteiger charge is 2.42. The molecule has 1 saturated heterocycles. The van der Waals surface area contributed by atoms with E-state index in [4.69, 9.17) is 9.47 Å². The molecule has 38 heavy (non-hydrogen) atoms. The summed E-state index contributed by atoms with van der Waals surface area (Å²) in [5.74, 6) is 1.51. The number of para-hydroxylation sites is 1. The van der Waals surface area contributed by atoms with Gasteiger partial charge in [-0.15, -0.1) is 0 Å². The van der Waals surface area contributed by atoms with E-state index in [2.05, 4.69) is 17.6 Å². The second-order valence-corrected chi connectivity index (χ2v) is 10.6. The summed E-state index contributed by atoms with van der Waals surface area (Å²) in [5, 5.41) is 37.0. The second-order valence-electron chi connectivity index (χ2n) is 9.19. The highest BCUT2D eigenvalue weighted by molar-refractivity contribution is 7.99. The molecule has 2 aromatic rings. The van der Waals surface area contributed by atoms with E-state index in [-0.39, 0.29) is 37.0 Å². The molecule has 0 spiro atoms. The van der Waals surface area contributed by atoms with E-state index in [0.29, 0.717) is 17.7 Å². The van der Waals surface area contributed by atoms with Gasteiger partial charge in [0.05, 0.1) is 24.9 Å². The monoisotopic (exact) mass is 546 g/mol. The van der Waals surface area contributed by atoms with E-state index in [0.717, 1.165) is 23.5 Å². The molecule has 1 aliphatic heterocycles. The number of ether oxygens (including phenoxy) is 2. The SMILES string of the molecule is CCSCCCOC1CC(O)[C@@H](NC(C)=O)C(C(O)CCNC(=O)c2ccc(-c3ccccc3O)cc2)O1. The topological polar surface area (TPSA) is 137 Å². The highest BCUT2D eigenvalue weighted by atomic mass is 32.2. The maximum atomic E-state index is 12.6. The molecule has 0 radical (unpaired) electrons. The maximum absolute atomic E-state index is 12.6. The predicted molar refractivity (Wildman–Crippen MR) is 147 cm³/mol. The molecule has 5 N–H and O–H groups in total. The number of aliphatic hydroxyl groups is 2. The summed E-state index contributed by atoms with van der Waals surface area (Å²) in [5.41, 5.74) is 1.90. The third-order valence-electron chi connectivity index (χ3n) is 6.29. The van der Waals surface area contributed by atoms with Gasteiger partial charge >= 0.3 is 0 Å². The van der Waals surface area contributed by atoms with Gasteiger partial charge in [0.15, 0.2) is 6.29 Å². The van der Waals surface area contributed by atoms with Gasteiger partial charge in [-0.25, -0.2) is 0 Å².